The fraction of sp³-hybridized carbons (Fsp3) is 0.238. The van der Waals surface area contributed by atoms with E-state index in [4.69, 9.17) is 24.5 Å². The second-order valence-corrected chi connectivity index (χ2v) is 14.0. The monoisotopic (exact) mass is 655 g/mol. The Hall–Kier alpha value is -5.76. The van der Waals surface area contributed by atoms with E-state index in [2.05, 4.69) is 126 Å². The normalized spacial score (nSPS) is 20.8. The predicted molar refractivity (Wildman–Crippen MR) is 193 cm³/mol. The molecule has 7 heterocycles. The maximum absolute atomic E-state index is 6.46. The van der Waals surface area contributed by atoms with Gasteiger partial charge in [0, 0.05) is 52.8 Å². The molecule has 8 heteroatoms. The van der Waals surface area contributed by atoms with Crippen molar-refractivity contribution in [2.45, 2.75) is 63.6 Å². The van der Waals surface area contributed by atoms with Crippen LogP contribution in [0.2, 0.25) is 0 Å². The summed E-state index contributed by atoms with van der Waals surface area (Å²) in [5.41, 5.74) is 8.70. The van der Waals surface area contributed by atoms with Crippen molar-refractivity contribution in [3.05, 3.63) is 121 Å². The summed E-state index contributed by atoms with van der Waals surface area (Å²) in [6.07, 6.45) is 8.53. The Balaban J connectivity index is 1.23. The summed E-state index contributed by atoms with van der Waals surface area (Å²) in [6, 6.07) is 34.0. The molecule has 3 atom stereocenters. The predicted octanol–water partition coefficient (Wildman–Crippen LogP) is 8.13. The van der Waals surface area contributed by atoms with Crippen molar-refractivity contribution in [2.24, 2.45) is 0 Å². The Morgan fingerprint density at radius 3 is 2.50 bits per heavy atom. The smallest absolute Gasteiger partial charge is 0.349 e. The first-order valence-corrected chi connectivity index (χ1v) is 17.7. The third-order valence-corrected chi connectivity index (χ3v) is 11.8. The van der Waals surface area contributed by atoms with E-state index in [1.54, 1.807) is 12.4 Å². The van der Waals surface area contributed by atoms with Crippen LogP contribution in [-0.2, 0) is 17.6 Å². The zero-order chi connectivity index (χ0) is 33.6. The highest BCUT2D eigenvalue weighted by Gasteiger charge is 2.62. The molecule has 8 aromatic rings. The molecule has 3 unspecified atom stereocenters. The van der Waals surface area contributed by atoms with Crippen LogP contribution in [0.1, 0.15) is 51.5 Å². The van der Waals surface area contributed by atoms with Crippen molar-refractivity contribution in [1.29, 1.82) is 0 Å². The Labute approximate surface area is 289 Å². The van der Waals surface area contributed by atoms with E-state index >= 15 is 0 Å². The lowest BCUT2D eigenvalue weighted by Crippen LogP contribution is -2.72. The Morgan fingerprint density at radius 1 is 0.820 bits per heavy atom. The molecule has 0 radical (unpaired) electrons. The molecule has 0 fully saturated rings. The van der Waals surface area contributed by atoms with Gasteiger partial charge in [-0.25, -0.2) is 19.2 Å². The van der Waals surface area contributed by atoms with E-state index in [-0.39, 0.29) is 17.0 Å². The van der Waals surface area contributed by atoms with E-state index < -0.39 is 0 Å². The van der Waals surface area contributed by atoms with Crippen LogP contribution in [0.5, 0.6) is 0 Å². The molecule has 0 amide bonds. The van der Waals surface area contributed by atoms with Gasteiger partial charge in [-0.05, 0) is 54.2 Å². The van der Waals surface area contributed by atoms with Crippen LogP contribution in [0.25, 0.3) is 67.3 Å². The van der Waals surface area contributed by atoms with Crippen molar-refractivity contribution in [3.63, 3.8) is 0 Å². The van der Waals surface area contributed by atoms with Gasteiger partial charge in [0.25, 0.3) is 5.69 Å². The van der Waals surface area contributed by atoms with Crippen LogP contribution >= 0.6 is 0 Å². The number of hydrogen-bond donors (Lipinski definition) is 0. The van der Waals surface area contributed by atoms with E-state index in [9.17, 15) is 0 Å². The first-order chi connectivity index (χ1) is 24.5. The average molecular weight is 656 g/mol. The van der Waals surface area contributed by atoms with Gasteiger partial charge in [0.1, 0.15) is 22.4 Å². The molecule has 0 aliphatic carbocycles. The Kier molecular flexibility index (Phi) is 6.20. The van der Waals surface area contributed by atoms with Gasteiger partial charge in [0.2, 0.25) is 5.82 Å². The number of nitrogens with zero attached hydrogens (tertiary/aromatic N) is 7. The van der Waals surface area contributed by atoms with Crippen molar-refractivity contribution < 1.29 is 13.6 Å². The number of hydrogen-bond acceptors (Lipinski definition) is 5. The SMILES string of the molecule is CCC1(C)n2nc(-c3ccccc3)nc2-c2cccc[n+]2C1(CC)CC1C[n+]2c(ccc3nccnc32)-c2c1ccc1oc3ccccc3c21. The highest BCUT2D eigenvalue weighted by molar-refractivity contribution is 6.12. The summed E-state index contributed by atoms with van der Waals surface area (Å²) in [4.78, 5) is 14.8. The van der Waals surface area contributed by atoms with Gasteiger partial charge < -0.3 is 4.42 Å². The average Bonchev–Trinajstić information content (AvgIpc) is 3.80. The molecular weight excluding hydrogens is 619 g/mol. The van der Waals surface area contributed by atoms with E-state index in [0.717, 1.165) is 87.5 Å². The molecule has 0 saturated carbocycles. The van der Waals surface area contributed by atoms with E-state index in [1.165, 1.54) is 11.1 Å². The summed E-state index contributed by atoms with van der Waals surface area (Å²) in [6.45, 7) is 7.82. The van der Waals surface area contributed by atoms with Crippen molar-refractivity contribution in [2.75, 3.05) is 0 Å². The van der Waals surface area contributed by atoms with Crippen molar-refractivity contribution in [3.8, 4) is 34.2 Å². The summed E-state index contributed by atoms with van der Waals surface area (Å²) < 4.78 is 13.7. The molecule has 50 heavy (non-hydrogen) atoms. The number of para-hydroxylation sites is 1. The van der Waals surface area contributed by atoms with Crippen LogP contribution in [0.4, 0.5) is 0 Å². The zero-order valence-corrected chi connectivity index (χ0v) is 28.4. The molecule has 5 aromatic heterocycles. The first-order valence-electron chi connectivity index (χ1n) is 17.7. The number of benzene rings is 3. The lowest BCUT2D eigenvalue weighted by Gasteiger charge is -2.48. The minimum atomic E-state index is -0.383. The molecule has 8 nitrogen and oxygen atoms in total. The minimum Gasteiger partial charge on any atom is -0.456 e. The number of rotatable bonds is 5. The second-order valence-electron chi connectivity index (χ2n) is 14.0. The van der Waals surface area contributed by atoms with Crippen LogP contribution in [-0.4, -0.2) is 24.7 Å². The second kappa shape index (κ2) is 10.6. The zero-order valence-electron chi connectivity index (χ0n) is 28.4. The van der Waals surface area contributed by atoms with E-state index in [1.807, 2.05) is 12.1 Å². The molecule has 0 N–H and O–H groups in total. The molecular formula is C42H37N7O+2. The summed E-state index contributed by atoms with van der Waals surface area (Å²) in [7, 11) is 0. The van der Waals surface area contributed by atoms with Crippen LogP contribution in [0.15, 0.2) is 120 Å². The lowest BCUT2D eigenvalue weighted by atomic mass is 9.66. The maximum Gasteiger partial charge on any atom is 0.349 e. The third-order valence-electron chi connectivity index (χ3n) is 11.8. The van der Waals surface area contributed by atoms with Gasteiger partial charge in [-0.3, -0.25) is 0 Å². The number of pyridine rings is 2. The topological polar surface area (TPSA) is 77.4 Å². The van der Waals surface area contributed by atoms with Crippen molar-refractivity contribution in [1.82, 2.24) is 24.7 Å². The van der Waals surface area contributed by atoms with Crippen LogP contribution in [0.3, 0.4) is 0 Å². The molecule has 0 bridgehead atoms. The number of aromatic nitrogens is 7. The van der Waals surface area contributed by atoms with Gasteiger partial charge in [0.05, 0.1) is 12.7 Å². The number of fused-ring (bicyclic) bond motifs is 12. The summed E-state index contributed by atoms with van der Waals surface area (Å²) in [5, 5.41) is 7.62. The largest absolute Gasteiger partial charge is 0.456 e. The molecule has 0 spiro atoms. The van der Waals surface area contributed by atoms with Gasteiger partial charge in [-0.2, -0.15) is 4.57 Å². The summed E-state index contributed by atoms with van der Waals surface area (Å²) in [5.74, 6) is 1.82. The standard InChI is InChI=1S/C42H37N7O/c1-4-41(3)42(5-2,48-24-12-11-16-33(48)40-45-38(46-49(40)41)27-13-7-6-8-14-27)25-28-26-47-32(20-19-31-39(47)44-23-22-43-31)36-29(28)18-21-35-37(36)30-15-9-10-17-34(30)50-35/h6-24,28H,4-5,25-26H2,1-3H3/q+2. The fourth-order valence-electron chi connectivity index (χ4n) is 9.26. The highest BCUT2D eigenvalue weighted by atomic mass is 16.3. The molecule has 244 valence electrons. The maximum atomic E-state index is 6.46. The molecule has 0 saturated heterocycles. The lowest BCUT2D eigenvalue weighted by molar-refractivity contribution is -0.777. The van der Waals surface area contributed by atoms with Gasteiger partial charge in [0.15, 0.2) is 29.3 Å². The quantitative estimate of drug-likeness (QED) is 0.175. The van der Waals surface area contributed by atoms with Crippen LogP contribution < -0.4 is 9.13 Å². The fourth-order valence-corrected chi connectivity index (χ4v) is 9.26. The molecule has 3 aromatic carbocycles. The Bertz CT molecular complexity index is 2630. The van der Waals surface area contributed by atoms with Gasteiger partial charge in [-0.15, -0.1) is 5.10 Å². The van der Waals surface area contributed by atoms with Gasteiger partial charge >= 0.3 is 5.65 Å². The molecule has 10 rings (SSSR count). The third kappa shape index (κ3) is 3.81. The highest BCUT2D eigenvalue weighted by Crippen LogP contribution is 2.52. The Morgan fingerprint density at radius 2 is 1.64 bits per heavy atom. The molecule has 2 aliphatic heterocycles. The minimum absolute atomic E-state index is 0.151. The van der Waals surface area contributed by atoms with Gasteiger partial charge in [-0.1, -0.05) is 68.4 Å². The first kappa shape index (κ1) is 29.2. The van der Waals surface area contributed by atoms with Crippen molar-refractivity contribution >= 4 is 33.1 Å². The molecule has 2 aliphatic rings. The summed E-state index contributed by atoms with van der Waals surface area (Å²) >= 11 is 0. The van der Waals surface area contributed by atoms with Crippen LogP contribution in [0, 0.1) is 0 Å². The number of furan rings is 1. The van der Waals surface area contributed by atoms with E-state index in [0.29, 0.717) is 0 Å².